The predicted octanol–water partition coefficient (Wildman–Crippen LogP) is 7.71. The van der Waals surface area contributed by atoms with Crippen LogP contribution in [0.25, 0.3) is 0 Å². The van der Waals surface area contributed by atoms with Crippen LogP contribution in [0.3, 0.4) is 0 Å². The van der Waals surface area contributed by atoms with Crippen molar-refractivity contribution in [3.63, 3.8) is 0 Å². The maximum absolute atomic E-state index is 2.62. The van der Waals surface area contributed by atoms with Gasteiger partial charge in [0.05, 0.1) is 0 Å². The molecule has 2 heteroatoms. The summed E-state index contributed by atoms with van der Waals surface area (Å²) in [5, 5.41) is 0. The van der Waals surface area contributed by atoms with E-state index in [-0.39, 0.29) is 0 Å². The first-order valence-electron chi connectivity index (χ1n) is 12.1. The summed E-state index contributed by atoms with van der Waals surface area (Å²) in [5.41, 5.74) is 1.42. The Kier molecular flexibility index (Phi) is 11.9. The summed E-state index contributed by atoms with van der Waals surface area (Å²) in [7, 11) is 0. The zero-order valence-corrected chi connectivity index (χ0v) is 18.6. The van der Waals surface area contributed by atoms with Crippen molar-refractivity contribution in [2.75, 3.05) is 6.54 Å². The zero-order chi connectivity index (χ0) is 19.9. The average molecular weight is 385 g/mol. The van der Waals surface area contributed by atoms with Gasteiger partial charge in [0.1, 0.15) is 6.17 Å². The van der Waals surface area contributed by atoms with Crippen molar-refractivity contribution in [3.8, 4) is 0 Å². The lowest BCUT2D eigenvalue weighted by molar-refractivity contribution is 0.132. The molecule has 1 aromatic carbocycles. The third-order valence-electron chi connectivity index (χ3n) is 6.01. The van der Waals surface area contributed by atoms with E-state index in [1.807, 2.05) is 0 Å². The summed E-state index contributed by atoms with van der Waals surface area (Å²) in [4.78, 5) is 5.18. The highest BCUT2D eigenvalue weighted by molar-refractivity contribution is 5.15. The van der Waals surface area contributed by atoms with Crippen molar-refractivity contribution in [1.29, 1.82) is 0 Å². The highest BCUT2D eigenvalue weighted by Crippen LogP contribution is 2.24. The van der Waals surface area contributed by atoms with Gasteiger partial charge >= 0.3 is 0 Å². The third-order valence-corrected chi connectivity index (χ3v) is 6.01. The molecular weight excluding hydrogens is 340 g/mol. The van der Waals surface area contributed by atoms with E-state index in [4.69, 9.17) is 0 Å². The highest BCUT2D eigenvalue weighted by atomic mass is 15.4. The first-order valence-corrected chi connectivity index (χ1v) is 12.1. The summed E-state index contributed by atoms with van der Waals surface area (Å²) in [6.07, 6.45) is 23.1. The molecule has 1 aromatic rings. The van der Waals surface area contributed by atoms with Crippen LogP contribution in [-0.2, 0) is 6.54 Å². The molecule has 2 nitrogen and oxygen atoms in total. The minimum atomic E-state index is 0.557. The third kappa shape index (κ3) is 8.71. The molecule has 0 fully saturated rings. The van der Waals surface area contributed by atoms with Crippen molar-refractivity contribution in [3.05, 3.63) is 48.3 Å². The summed E-state index contributed by atoms with van der Waals surface area (Å²) >= 11 is 0. The average Bonchev–Trinajstić information content (AvgIpc) is 3.09. The van der Waals surface area contributed by atoms with Gasteiger partial charge in [-0.15, -0.1) is 0 Å². The van der Waals surface area contributed by atoms with Crippen LogP contribution < -0.4 is 0 Å². The molecule has 1 aliphatic heterocycles. The molecule has 2 rings (SSSR count). The molecule has 0 N–H and O–H groups in total. The van der Waals surface area contributed by atoms with E-state index in [0.29, 0.717) is 6.17 Å². The van der Waals surface area contributed by atoms with Crippen LogP contribution in [0, 0.1) is 0 Å². The molecule has 0 aromatic heterocycles. The normalized spacial score (nSPS) is 16.3. The van der Waals surface area contributed by atoms with Gasteiger partial charge in [0.25, 0.3) is 0 Å². The first kappa shape index (κ1) is 22.8. The Hall–Kier alpha value is -1.44. The molecule has 28 heavy (non-hydrogen) atoms. The molecule has 0 amide bonds. The summed E-state index contributed by atoms with van der Waals surface area (Å²) in [6, 6.07) is 10.9. The van der Waals surface area contributed by atoms with E-state index in [0.717, 1.165) is 6.54 Å². The SMILES string of the molecule is CCCCCCCCCCN1C=CN(Cc2ccccc2)C1CCCCCC. The van der Waals surface area contributed by atoms with Crippen molar-refractivity contribution >= 4 is 0 Å². The van der Waals surface area contributed by atoms with Gasteiger partial charge in [-0.1, -0.05) is 108 Å². The summed E-state index contributed by atoms with van der Waals surface area (Å²) < 4.78 is 0. The minimum absolute atomic E-state index is 0.557. The molecule has 0 bridgehead atoms. The standard InChI is InChI=1S/C26H44N2/c1-3-5-7-9-10-11-12-17-21-27-22-23-28(24-25-18-14-13-15-19-25)26(27)20-16-8-6-4-2/h13-15,18-19,22-23,26H,3-12,16-17,20-21,24H2,1-2H3. The van der Waals surface area contributed by atoms with E-state index in [9.17, 15) is 0 Å². The lowest BCUT2D eigenvalue weighted by atomic mass is 10.1. The predicted molar refractivity (Wildman–Crippen MR) is 123 cm³/mol. The van der Waals surface area contributed by atoms with E-state index < -0.39 is 0 Å². The number of nitrogens with zero attached hydrogens (tertiary/aromatic N) is 2. The smallest absolute Gasteiger partial charge is 0.101 e. The Morgan fingerprint density at radius 1 is 0.643 bits per heavy atom. The topological polar surface area (TPSA) is 6.48 Å². The second-order valence-corrected chi connectivity index (χ2v) is 8.50. The molecule has 0 spiro atoms. The van der Waals surface area contributed by atoms with Crippen molar-refractivity contribution in [2.24, 2.45) is 0 Å². The molecule has 1 unspecified atom stereocenters. The molecular formula is C26H44N2. The maximum Gasteiger partial charge on any atom is 0.101 e. The second-order valence-electron chi connectivity index (χ2n) is 8.50. The molecule has 0 aliphatic carbocycles. The molecule has 158 valence electrons. The number of unbranched alkanes of at least 4 members (excludes halogenated alkanes) is 10. The fourth-order valence-electron chi connectivity index (χ4n) is 4.25. The number of hydrogen-bond acceptors (Lipinski definition) is 2. The van der Waals surface area contributed by atoms with E-state index in [1.54, 1.807) is 0 Å². The summed E-state index contributed by atoms with van der Waals surface area (Å²) in [5.74, 6) is 0. The van der Waals surface area contributed by atoms with Gasteiger partial charge in [-0.2, -0.15) is 0 Å². The van der Waals surface area contributed by atoms with Gasteiger partial charge in [0.2, 0.25) is 0 Å². The van der Waals surface area contributed by atoms with Crippen molar-refractivity contribution in [1.82, 2.24) is 9.80 Å². The lowest BCUT2D eigenvalue weighted by Crippen LogP contribution is -2.38. The zero-order valence-electron chi connectivity index (χ0n) is 18.6. The van der Waals surface area contributed by atoms with Gasteiger partial charge in [-0.3, -0.25) is 0 Å². The second kappa shape index (κ2) is 14.5. The van der Waals surface area contributed by atoms with Crippen LogP contribution >= 0.6 is 0 Å². The fraction of sp³-hybridized carbons (Fsp3) is 0.692. The van der Waals surface area contributed by atoms with Gasteiger partial charge < -0.3 is 9.80 Å². The van der Waals surface area contributed by atoms with Crippen LogP contribution in [-0.4, -0.2) is 22.5 Å². The fourth-order valence-corrected chi connectivity index (χ4v) is 4.25. The van der Waals surface area contributed by atoms with Gasteiger partial charge in [0.15, 0.2) is 0 Å². The quantitative estimate of drug-likeness (QED) is 0.269. The van der Waals surface area contributed by atoms with Gasteiger partial charge in [-0.05, 0) is 24.8 Å². The van der Waals surface area contributed by atoms with E-state index in [2.05, 4.69) is 66.4 Å². The van der Waals surface area contributed by atoms with E-state index >= 15 is 0 Å². The van der Waals surface area contributed by atoms with Gasteiger partial charge in [-0.25, -0.2) is 0 Å². The first-order chi connectivity index (χ1) is 13.8. The Labute approximate surface area is 175 Å². The van der Waals surface area contributed by atoms with Crippen molar-refractivity contribution < 1.29 is 0 Å². The molecule has 0 saturated heterocycles. The molecule has 0 saturated carbocycles. The Morgan fingerprint density at radius 2 is 1.21 bits per heavy atom. The van der Waals surface area contributed by atoms with E-state index in [1.165, 1.54) is 95.6 Å². The number of rotatable bonds is 16. The van der Waals surface area contributed by atoms with Crippen molar-refractivity contribution in [2.45, 2.75) is 110 Å². The van der Waals surface area contributed by atoms with Crippen LogP contribution in [0.15, 0.2) is 42.7 Å². The molecule has 1 atom stereocenters. The lowest BCUT2D eigenvalue weighted by Gasteiger charge is -2.33. The van der Waals surface area contributed by atoms with Crippen LogP contribution in [0.4, 0.5) is 0 Å². The Morgan fingerprint density at radius 3 is 1.89 bits per heavy atom. The Balaban J connectivity index is 1.74. The molecule has 1 aliphatic rings. The maximum atomic E-state index is 2.62. The number of hydrogen-bond donors (Lipinski definition) is 0. The largest absolute Gasteiger partial charge is 0.356 e. The van der Waals surface area contributed by atoms with Crippen LogP contribution in [0.5, 0.6) is 0 Å². The molecule has 1 heterocycles. The summed E-state index contributed by atoms with van der Waals surface area (Å²) in [6.45, 7) is 6.84. The minimum Gasteiger partial charge on any atom is -0.356 e. The van der Waals surface area contributed by atoms with Gasteiger partial charge in [0, 0.05) is 25.5 Å². The number of benzene rings is 1. The Bertz CT molecular complexity index is 510. The molecule has 0 radical (unpaired) electrons. The van der Waals surface area contributed by atoms with Crippen LogP contribution in [0.1, 0.15) is 103 Å². The van der Waals surface area contributed by atoms with Crippen LogP contribution in [0.2, 0.25) is 0 Å². The monoisotopic (exact) mass is 384 g/mol. The highest BCUT2D eigenvalue weighted by Gasteiger charge is 2.25.